The Bertz CT molecular complexity index is 616. The van der Waals surface area contributed by atoms with E-state index in [1.165, 1.54) is 0 Å². The van der Waals surface area contributed by atoms with Crippen molar-refractivity contribution in [2.45, 2.75) is 122 Å². The fourth-order valence-corrected chi connectivity index (χ4v) is 3.67. The topological polar surface area (TPSA) is 105 Å². The minimum Gasteiger partial charge on any atom is -0.463 e. The molecule has 0 aliphatic carbocycles. The van der Waals surface area contributed by atoms with E-state index in [0.717, 1.165) is 70.6 Å². The highest BCUT2D eigenvalue weighted by Gasteiger charge is 2.44. The van der Waals surface area contributed by atoms with Crippen LogP contribution < -0.4 is 0 Å². The number of esters is 1. The molecule has 0 spiro atoms. The Morgan fingerprint density at radius 3 is 2.17 bits per heavy atom. The second-order valence-electron chi connectivity index (χ2n) is 9.02. The molecule has 0 aromatic rings. The van der Waals surface area contributed by atoms with Crippen LogP contribution in [0.4, 0.5) is 0 Å². The maximum atomic E-state index is 12.0. The lowest BCUT2D eigenvalue weighted by Gasteiger charge is -2.39. The second kappa shape index (κ2) is 20.7. The normalized spacial score (nSPS) is 25.2. The van der Waals surface area contributed by atoms with Gasteiger partial charge in [-0.3, -0.25) is 4.79 Å². The number of aliphatic hydroxyl groups excluding tert-OH is 3. The number of rotatable bonds is 19. The van der Waals surface area contributed by atoms with E-state index in [1.807, 2.05) is 6.92 Å². The number of hydrogen-bond donors (Lipinski definition) is 3. The van der Waals surface area contributed by atoms with E-state index in [1.54, 1.807) is 0 Å². The van der Waals surface area contributed by atoms with Gasteiger partial charge in [-0.25, -0.2) is 0 Å². The van der Waals surface area contributed by atoms with Gasteiger partial charge in [0.15, 0.2) is 6.29 Å². The molecule has 1 saturated heterocycles. The molecule has 0 saturated carbocycles. The molecule has 0 bridgehead atoms. The summed E-state index contributed by atoms with van der Waals surface area (Å²) in [4.78, 5) is 12.0. The monoisotopic (exact) mass is 496 g/mol. The first kappa shape index (κ1) is 31.5. The molecule has 0 radical (unpaired) electrons. The van der Waals surface area contributed by atoms with Gasteiger partial charge in [-0.1, -0.05) is 76.0 Å². The lowest BCUT2D eigenvalue weighted by molar-refractivity contribution is -0.301. The summed E-state index contributed by atoms with van der Waals surface area (Å²) in [5, 5.41) is 30.2. The van der Waals surface area contributed by atoms with Gasteiger partial charge in [0, 0.05) is 13.0 Å². The molecule has 7 heteroatoms. The number of allylic oxidation sites excluding steroid dienone is 6. The standard InChI is InChI=1S/C28H48O7/c1-3-5-7-8-9-10-11-12-13-14-15-16-17-18-19-20-24(29)34-22-23-25(30)26(31)27(32)28(35-23)33-21-6-4-2/h5,7,9-10,12-13,23,25-28,30-32H,3-4,6,8,11,14-22H2,1-2H3/b7-5?,10-9-,13-12-/t23-,25-,26+,27-,28+/m1/s1. The minimum atomic E-state index is -1.42. The molecular formula is C28H48O7. The third kappa shape index (κ3) is 14.6. The lowest BCUT2D eigenvalue weighted by Crippen LogP contribution is -2.59. The molecule has 1 fully saturated rings. The van der Waals surface area contributed by atoms with Crippen molar-refractivity contribution in [3.63, 3.8) is 0 Å². The average Bonchev–Trinajstić information content (AvgIpc) is 2.85. The van der Waals surface area contributed by atoms with Crippen LogP contribution in [0, 0.1) is 0 Å². The largest absolute Gasteiger partial charge is 0.463 e. The zero-order valence-electron chi connectivity index (χ0n) is 21.7. The number of ether oxygens (including phenoxy) is 3. The van der Waals surface area contributed by atoms with Crippen molar-refractivity contribution in [2.75, 3.05) is 13.2 Å². The Balaban J connectivity index is 2.09. The van der Waals surface area contributed by atoms with Crippen LogP contribution in [0.3, 0.4) is 0 Å². The maximum absolute atomic E-state index is 12.0. The lowest BCUT2D eigenvalue weighted by atomic mass is 9.99. The third-order valence-corrected chi connectivity index (χ3v) is 5.89. The maximum Gasteiger partial charge on any atom is 0.305 e. The summed E-state index contributed by atoms with van der Waals surface area (Å²) in [6, 6.07) is 0. The van der Waals surface area contributed by atoms with Crippen molar-refractivity contribution in [1.29, 1.82) is 0 Å². The fraction of sp³-hybridized carbons (Fsp3) is 0.750. The third-order valence-electron chi connectivity index (χ3n) is 5.89. The van der Waals surface area contributed by atoms with Crippen molar-refractivity contribution >= 4 is 5.97 Å². The van der Waals surface area contributed by atoms with Gasteiger partial charge in [-0.2, -0.15) is 0 Å². The van der Waals surface area contributed by atoms with E-state index in [9.17, 15) is 20.1 Å². The Morgan fingerprint density at radius 1 is 0.800 bits per heavy atom. The molecule has 0 aromatic carbocycles. The van der Waals surface area contributed by atoms with E-state index >= 15 is 0 Å². The Kier molecular flexibility index (Phi) is 18.6. The van der Waals surface area contributed by atoms with Gasteiger partial charge < -0.3 is 29.5 Å². The van der Waals surface area contributed by atoms with Crippen LogP contribution in [0.25, 0.3) is 0 Å². The Labute approximate surface area is 211 Å². The first-order valence-electron chi connectivity index (χ1n) is 13.4. The molecule has 1 rings (SSSR count). The van der Waals surface area contributed by atoms with Gasteiger partial charge in [-0.05, 0) is 44.9 Å². The number of unbranched alkanes of at least 4 members (excludes halogenated alkanes) is 6. The highest BCUT2D eigenvalue weighted by atomic mass is 16.7. The molecule has 1 heterocycles. The van der Waals surface area contributed by atoms with Gasteiger partial charge in [-0.15, -0.1) is 0 Å². The quantitative estimate of drug-likeness (QED) is 0.135. The number of carbonyl (C=O) groups excluding carboxylic acids is 1. The SMILES string of the molecule is CCC=CC/C=C\C/C=C\CCCCCCCC(=O)OC[C@H]1O[C@H](OCCCC)[C@H](O)[C@@H](O)[C@@H]1O. The van der Waals surface area contributed by atoms with Crippen LogP contribution in [0.5, 0.6) is 0 Å². The van der Waals surface area contributed by atoms with E-state index < -0.39 is 30.7 Å². The molecular weight excluding hydrogens is 448 g/mol. The first-order valence-corrected chi connectivity index (χ1v) is 13.4. The van der Waals surface area contributed by atoms with Crippen molar-refractivity contribution < 1.29 is 34.3 Å². The molecule has 1 aliphatic rings. The summed E-state index contributed by atoms with van der Waals surface area (Å²) in [6.07, 6.45) is 18.4. The van der Waals surface area contributed by atoms with Crippen molar-refractivity contribution in [3.8, 4) is 0 Å². The fourth-order valence-electron chi connectivity index (χ4n) is 3.67. The highest BCUT2D eigenvalue weighted by Crippen LogP contribution is 2.23. The molecule has 202 valence electrons. The van der Waals surface area contributed by atoms with Gasteiger partial charge in [0.2, 0.25) is 0 Å². The average molecular weight is 497 g/mol. The van der Waals surface area contributed by atoms with Gasteiger partial charge in [0.1, 0.15) is 31.0 Å². The molecule has 35 heavy (non-hydrogen) atoms. The van der Waals surface area contributed by atoms with Crippen LogP contribution in [0.15, 0.2) is 36.5 Å². The summed E-state index contributed by atoms with van der Waals surface area (Å²) < 4.78 is 16.2. The van der Waals surface area contributed by atoms with Crippen LogP contribution in [-0.4, -0.2) is 65.2 Å². The Hall–Kier alpha value is -1.51. The molecule has 0 amide bonds. The minimum absolute atomic E-state index is 0.186. The molecule has 1 aliphatic heterocycles. The molecule has 3 N–H and O–H groups in total. The highest BCUT2D eigenvalue weighted by molar-refractivity contribution is 5.69. The predicted molar refractivity (Wildman–Crippen MR) is 138 cm³/mol. The second-order valence-corrected chi connectivity index (χ2v) is 9.02. The van der Waals surface area contributed by atoms with E-state index in [-0.39, 0.29) is 12.6 Å². The Morgan fingerprint density at radius 2 is 1.46 bits per heavy atom. The van der Waals surface area contributed by atoms with Crippen molar-refractivity contribution in [2.24, 2.45) is 0 Å². The summed E-state index contributed by atoms with van der Waals surface area (Å²) in [5.41, 5.74) is 0. The smallest absolute Gasteiger partial charge is 0.305 e. The van der Waals surface area contributed by atoms with Crippen LogP contribution >= 0.6 is 0 Å². The molecule has 5 atom stereocenters. The van der Waals surface area contributed by atoms with E-state index in [2.05, 4.69) is 43.4 Å². The van der Waals surface area contributed by atoms with Gasteiger partial charge in [0.25, 0.3) is 0 Å². The number of hydrogen-bond acceptors (Lipinski definition) is 7. The zero-order chi connectivity index (χ0) is 25.7. The van der Waals surface area contributed by atoms with E-state index in [0.29, 0.717) is 13.0 Å². The molecule has 7 nitrogen and oxygen atoms in total. The van der Waals surface area contributed by atoms with Crippen LogP contribution in [0.2, 0.25) is 0 Å². The number of aliphatic hydroxyl groups is 3. The summed E-state index contributed by atoms with van der Waals surface area (Å²) in [5.74, 6) is -0.356. The van der Waals surface area contributed by atoms with Crippen LogP contribution in [-0.2, 0) is 19.0 Å². The van der Waals surface area contributed by atoms with Crippen molar-refractivity contribution in [3.05, 3.63) is 36.5 Å². The van der Waals surface area contributed by atoms with Gasteiger partial charge >= 0.3 is 5.97 Å². The van der Waals surface area contributed by atoms with Crippen molar-refractivity contribution in [1.82, 2.24) is 0 Å². The summed E-state index contributed by atoms with van der Waals surface area (Å²) in [7, 11) is 0. The summed E-state index contributed by atoms with van der Waals surface area (Å²) in [6.45, 7) is 4.33. The first-order chi connectivity index (χ1) is 17.0. The number of carbonyl (C=O) groups is 1. The summed E-state index contributed by atoms with van der Waals surface area (Å²) >= 11 is 0. The zero-order valence-corrected chi connectivity index (χ0v) is 21.7. The molecule has 0 aromatic heterocycles. The predicted octanol–water partition coefficient (Wildman–Crippen LogP) is 4.74. The van der Waals surface area contributed by atoms with E-state index in [4.69, 9.17) is 14.2 Å². The van der Waals surface area contributed by atoms with Crippen LogP contribution in [0.1, 0.15) is 90.9 Å². The molecule has 0 unspecified atom stereocenters. The van der Waals surface area contributed by atoms with Gasteiger partial charge in [0.05, 0.1) is 0 Å².